The average Bonchev–Trinajstić information content (AvgIpc) is 2.43. The molecule has 0 radical (unpaired) electrons. The smallest absolute Gasteiger partial charge is 0.241 e. The fraction of sp³-hybridized carbons (Fsp3) is 0.143. The van der Waals surface area contributed by atoms with E-state index in [1.807, 2.05) is 0 Å². The van der Waals surface area contributed by atoms with Gasteiger partial charge < -0.3 is 5.11 Å². The van der Waals surface area contributed by atoms with Crippen molar-refractivity contribution in [2.45, 2.75) is 11.3 Å². The standard InChI is InChI=1S/C14H13Br2NO3S/c15-11-5-6-12(16)14(9-11)21(19,20)17-8-7-10-3-1-2-4-13(10)18/h1-6,9,17-18H,7-8H2. The predicted octanol–water partition coefficient (Wildman–Crippen LogP) is 3.44. The van der Waals surface area contributed by atoms with Crippen molar-refractivity contribution in [3.63, 3.8) is 0 Å². The van der Waals surface area contributed by atoms with Gasteiger partial charge in [0.25, 0.3) is 0 Å². The molecule has 0 aliphatic rings. The lowest BCUT2D eigenvalue weighted by Gasteiger charge is -2.09. The maximum Gasteiger partial charge on any atom is 0.241 e. The summed E-state index contributed by atoms with van der Waals surface area (Å²) in [5.41, 5.74) is 0.702. The van der Waals surface area contributed by atoms with Crippen molar-refractivity contribution in [2.75, 3.05) is 6.54 Å². The Morgan fingerprint density at radius 2 is 1.81 bits per heavy atom. The Morgan fingerprint density at radius 3 is 2.52 bits per heavy atom. The first kappa shape index (κ1) is 16.5. The summed E-state index contributed by atoms with van der Waals surface area (Å²) in [5.74, 6) is 0.167. The van der Waals surface area contributed by atoms with E-state index in [2.05, 4.69) is 36.6 Å². The Morgan fingerprint density at radius 1 is 1.10 bits per heavy atom. The molecule has 21 heavy (non-hydrogen) atoms. The molecule has 0 unspecified atom stereocenters. The van der Waals surface area contributed by atoms with Crippen LogP contribution in [-0.2, 0) is 16.4 Å². The Kier molecular flexibility index (Phi) is 5.43. The summed E-state index contributed by atoms with van der Waals surface area (Å²) in [6, 6.07) is 11.8. The van der Waals surface area contributed by atoms with Crippen LogP contribution in [0, 0.1) is 0 Å². The second-order valence-electron chi connectivity index (χ2n) is 4.35. The molecule has 0 aliphatic heterocycles. The number of sulfonamides is 1. The van der Waals surface area contributed by atoms with E-state index in [0.29, 0.717) is 20.9 Å². The molecular weight excluding hydrogens is 422 g/mol. The zero-order valence-electron chi connectivity index (χ0n) is 10.9. The number of phenols is 1. The number of nitrogens with one attached hydrogen (secondary N) is 1. The fourth-order valence-corrected chi connectivity index (χ4v) is 4.33. The quantitative estimate of drug-likeness (QED) is 0.757. The lowest BCUT2D eigenvalue weighted by atomic mass is 10.1. The molecule has 2 aromatic carbocycles. The number of halogens is 2. The van der Waals surface area contributed by atoms with E-state index in [0.717, 1.165) is 0 Å². The van der Waals surface area contributed by atoms with Crippen molar-refractivity contribution in [2.24, 2.45) is 0 Å². The third kappa shape index (κ3) is 4.29. The Hall–Kier alpha value is -0.890. The molecule has 0 aromatic heterocycles. The van der Waals surface area contributed by atoms with Crippen molar-refractivity contribution in [3.05, 3.63) is 57.0 Å². The molecule has 0 aliphatic carbocycles. The van der Waals surface area contributed by atoms with Gasteiger partial charge in [-0.1, -0.05) is 34.1 Å². The highest BCUT2D eigenvalue weighted by Crippen LogP contribution is 2.25. The number of hydrogen-bond donors (Lipinski definition) is 2. The monoisotopic (exact) mass is 433 g/mol. The SMILES string of the molecule is O=S(=O)(NCCc1ccccc1O)c1cc(Br)ccc1Br. The summed E-state index contributed by atoms with van der Waals surface area (Å²) in [5, 5.41) is 9.65. The maximum atomic E-state index is 12.3. The molecule has 0 fully saturated rings. The van der Waals surface area contributed by atoms with E-state index < -0.39 is 10.0 Å². The topological polar surface area (TPSA) is 66.4 Å². The van der Waals surface area contributed by atoms with E-state index in [1.165, 1.54) is 6.07 Å². The summed E-state index contributed by atoms with van der Waals surface area (Å²) in [7, 11) is -3.60. The van der Waals surface area contributed by atoms with Gasteiger partial charge in [0, 0.05) is 15.5 Å². The largest absolute Gasteiger partial charge is 0.508 e. The van der Waals surface area contributed by atoms with Crippen molar-refractivity contribution in [1.29, 1.82) is 0 Å². The number of para-hydroxylation sites is 1. The summed E-state index contributed by atoms with van der Waals surface area (Å²) in [6.07, 6.45) is 0.414. The van der Waals surface area contributed by atoms with Gasteiger partial charge >= 0.3 is 0 Å². The lowest BCUT2D eigenvalue weighted by Crippen LogP contribution is -2.26. The van der Waals surface area contributed by atoms with Gasteiger partial charge in [0.15, 0.2) is 0 Å². The lowest BCUT2D eigenvalue weighted by molar-refractivity contribution is 0.467. The Labute approximate surface area is 140 Å². The van der Waals surface area contributed by atoms with Gasteiger partial charge in [-0.25, -0.2) is 13.1 Å². The van der Waals surface area contributed by atoms with E-state index >= 15 is 0 Å². The first-order chi connectivity index (χ1) is 9.90. The van der Waals surface area contributed by atoms with Gasteiger partial charge in [0.1, 0.15) is 5.75 Å². The third-order valence-electron chi connectivity index (χ3n) is 2.86. The number of benzene rings is 2. The molecule has 2 N–H and O–H groups in total. The van der Waals surface area contributed by atoms with Crippen LogP contribution in [-0.4, -0.2) is 20.1 Å². The fourth-order valence-electron chi connectivity index (χ4n) is 1.80. The Balaban J connectivity index is 2.08. The average molecular weight is 435 g/mol. The second kappa shape index (κ2) is 6.91. The molecule has 2 rings (SSSR count). The maximum absolute atomic E-state index is 12.3. The van der Waals surface area contributed by atoms with Crippen molar-refractivity contribution in [1.82, 2.24) is 4.72 Å². The minimum Gasteiger partial charge on any atom is -0.508 e. The first-order valence-electron chi connectivity index (χ1n) is 6.12. The minimum atomic E-state index is -3.60. The highest BCUT2D eigenvalue weighted by Gasteiger charge is 2.17. The van der Waals surface area contributed by atoms with Crippen LogP contribution in [0.2, 0.25) is 0 Å². The molecule has 0 amide bonds. The van der Waals surface area contributed by atoms with Crippen LogP contribution in [0.15, 0.2) is 56.3 Å². The van der Waals surface area contributed by atoms with Crippen molar-refractivity contribution < 1.29 is 13.5 Å². The summed E-state index contributed by atoms with van der Waals surface area (Å²) < 4.78 is 28.2. The molecule has 4 nitrogen and oxygen atoms in total. The van der Waals surface area contributed by atoms with Gasteiger partial charge in [0.2, 0.25) is 10.0 Å². The second-order valence-corrected chi connectivity index (χ2v) is 7.86. The summed E-state index contributed by atoms with van der Waals surface area (Å²) in [6.45, 7) is 0.207. The first-order valence-corrected chi connectivity index (χ1v) is 9.18. The van der Waals surface area contributed by atoms with Gasteiger partial charge in [-0.05, 0) is 52.2 Å². The summed E-state index contributed by atoms with van der Waals surface area (Å²) in [4.78, 5) is 0.175. The van der Waals surface area contributed by atoms with Gasteiger partial charge in [-0.15, -0.1) is 0 Å². The van der Waals surface area contributed by atoms with E-state index in [1.54, 1.807) is 36.4 Å². The van der Waals surface area contributed by atoms with E-state index in [9.17, 15) is 13.5 Å². The van der Waals surface area contributed by atoms with Crippen LogP contribution < -0.4 is 4.72 Å². The molecule has 112 valence electrons. The van der Waals surface area contributed by atoms with Crippen molar-refractivity contribution in [3.8, 4) is 5.75 Å². The zero-order valence-corrected chi connectivity index (χ0v) is 14.9. The molecule has 0 saturated carbocycles. The third-order valence-corrected chi connectivity index (χ3v) is 5.81. The molecule has 0 heterocycles. The van der Waals surface area contributed by atoms with Gasteiger partial charge in [0.05, 0.1) is 4.90 Å². The van der Waals surface area contributed by atoms with Crippen LogP contribution in [0.5, 0.6) is 5.75 Å². The van der Waals surface area contributed by atoms with Crippen LogP contribution in [0.25, 0.3) is 0 Å². The van der Waals surface area contributed by atoms with Crippen molar-refractivity contribution >= 4 is 41.9 Å². The van der Waals surface area contributed by atoms with Crippen LogP contribution in [0.4, 0.5) is 0 Å². The zero-order chi connectivity index (χ0) is 15.5. The van der Waals surface area contributed by atoms with Crippen LogP contribution in [0.3, 0.4) is 0 Å². The normalized spacial score (nSPS) is 11.5. The highest BCUT2D eigenvalue weighted by molar-refractivity contribution is 9.11. The molecule has 2 aromatic rings. The predicted molar refractivity (Wildman–Crippen MR) is 88.8 cm³/mol. The molecular formula is C14H13Br2NO3S. The molecule has 0 saturated heterocycles. The number of hydrogen-bond acceptors (Lipinski definition) is 3. The van der Waals surface area contributed by atoms with E-state index in [4.69, 9.17) is 0 Å². The molecule has 0 spiro atoms. The molecule has 0 bridgehead atoms. The number of phenolic OH excluding ortho intramolecular Hbond substituents is 1. The number of rotatable bonds is 5. The van der Waals surface area contributed by atoms with E-state index in [-0.39, 0.29) is 17.2 Å². The highest BCUT2D eigenvalue weighted by atomic mass is 79.9. The minimum absolute atomic E-state index is 0.167. The van der Waals surface area contributed by atoms with Crippen LogP contribution >= 0.6 is 31.9 Å². The number of aromatic hydroxyl groups is 1. The Bertz CT molecular complexity index is 748. The van der Waals surface area contributed by atoms with Crippen LogP contribution in [0.1, 0.15) is 5.56 Å². The van der Waals surface area contributed by atoms with Gasteiger partial charge in [-0.3, -0.25) is 0 Å². The van der Waals surface area contributed by atoms with Gasteiger partial charge in [-0.2, -0.15) is 0 Å². The molecule has 0 atom stereocenters. The summed E-state index contributed by atoms with van der Waals surface area (Å²) >= 11 is 6.49. The molecule has 7 heteroatoms.